The molecular formula is C15H16BrFN2. The van der Waals surface area contributed by atoms with Crippen molar-refractivity contribution in [2.24, 2.45) is 0 Å². The molecule has 1 N–H and O–H groups in total. The average Bonchev–Trinajstić information content (AvgIpc) is 2.36. The molecule has 0 saturated carbocycles. The lowest BCUT2D eigenvalue weighted by Crippen LogP contribution is -2.09. The molecule has 0 fully saturated rings. The molecule has 19 heavy (non-hydrogen) atoms. The first-order valence-corrected chi connectivity index (χ1v) is 6.91. The van der Waals surface area contributed by atoms with Crippen molar-refractivity contribution in [1.82, 2.24) is 4.98 Å². The van der Waals surface area contributed by atoms with Crippen molar-refractivity contribution < 1.29 is 4.39 Å². The quantitative estimate of drug-likeness (QED) is 0.880. The third-order valence-corrected chi connectivity index (χ3v) is 3.53. The SMILES string of the molecule is Cc1ccc(C(C)Nc2ncc(Br)cc2C)cc1F. The molecule has 0 aliphatic carbocycles. The summed E-state index contributed by atoms with van der Waals surface area (Å²) in [6.07, 6.45) is 1.75. The van der Waals surface area contributed by atoms with E-state index in [1.54, 1.807) is 25.3 Å². The van der Waals surface area contributed by atoms with Crippen molar-refractivity contribution in [3.8, 4) is 0 Å². The Balaban J connectivity index is 2.20. The zero-order valence-electron chi connectivity index (χ0n) is 11.2. The van der Waals surface area contributed by atoms with E-state index in [1.165, 1.54) is 0 Å². The Morgan fingerprint density at radius 1 is 1.21 bits per heavy atom. The van der Waals surface area contributed by atoms with Crippen LogP contribution in [0.15, 0.2) is 34.9 Å². The van der Waals surface area contributed by atoms with Crippen LogP contribution < -0.4 is 5.32 Å². The van der Waals surface area contributed by atoms with Crippen molar-refractivity contribution in [3.63, 3.8) is 0 Å². The number of rotatable bonds is 3. The number of hydrogen-bond donors (Lipinski definition) is 1. The second kappa shape index (κ2) is 5.70. The van der Waals surface area contributed by atoms with E-state index < -0.39 is 0 Å². The Morgan fingerprint density at radius 3 is 2.58 bits per heavy atom. The van der Waals surface area contributed by atoms with E-state index in [0.717, 1.165) is 21.4 Å². The predicted molar refractivity (Wildman–Crippen MR) is 79.8 cm³/mol. The fourth-order valence-corrected chi connectivity index (χ4v) is 2.30. The van der Waals surface area contributed by atoms with E-state index in [2.05, 4.69) is 26.2 Å². The standard InChI is InChI=1S/C15H16BrFN2/c1-9-4-5-12(7-14(9)17)11(3)19-15-10(2)6-13(16)8-18-15/h4-8,11H,1-3H3,(H,18,19). The summed E-state index contributed by atoms with van der Waals surface area (Å²) in [4.78, 5) is 4.33. The molecule has 100 valence electrons. The minimum absolute atomic E-state index is 0.00229. The number of hydrogen-bond acceptors (Lipinski definition) is 2. The molecule has 0 aliphatic heterocycles. The van der Waals surface area contributed by atoms with E-state index in [0.29, 0.717) is 5.56 Å². The molecule has 4 heteroatoms. The summed E-state index contributed by atoms with van der Waals surface area (Å²) in [7, 11) is 0. The van der Waals surface area contributed by atoms with E-state index in [9.17, 15) is 4.39 Å². The molecule has 0 radical (unpaired) electrons. The Labute approximate surface area is 121 Å². The first-order chi connectivity index (χ1) is 8.97. The summed E-state index contributed by atoms with van der Waals surface area (Å²) in [6.45, 7) is 5.74. The van der Waals surface area contributed by atoms with E-state index in [1.807, 2.05) is 26.0 Å². The van der Waals surface area contributed by atoms with Crippen LogP contribution in [0.25, 0.3) is 0 Å². The Hall–Kier alpha value is -1.42. The maximum atomic E-state index is 13.6. The summed E-state index contributed by atoms with van der Waals surface area (Å²) >= 11 is 3.39. The molecule has 0 amide bonds. The van der Waals surface area contributed by atoms with Gasteiger partial charge in [0, 0.05) is 10.7 Å². The third kappa shape index (κ3) is 3.32. The fraction of sp³-hybridized carbons (Fsp3) is 0.267. The number of nitrogens with zero attached hydrogens (tertiary/aromatic N) is 1. The molecule has 0 saturated heterocycles. The van der Waals surface area contributed by atoms with Gasteiger partial charge in [0.25, 0.3) is 0 Å². The number of halogens is 2. The zero-order chi connectivity index (χ0) is 14.0. The van der Waals surface area contributed by atoms with Gasteiger partial charge in [-0.3, -0.25) is 0 Å². The monoisotopic (exact) mass is 322 g/mol. The number of nitrogens with one attached hydrogen (secondary N) is 1. The van der Waals surface area contributed by atoms with Gasteiger partial charge in [-0.05, 0) is 65.5 Å². The van der Waals surface area contributed by atoms with Crippen LogP contribution in [0.3, 0.4) is 0 Å². The highest BCUT2D eigenvalue weighted by Crippen LogP contribution is 2.23. The van der Waals surface area contributed by atoms with Gasteiger partial charge in [-0.1, -0.05) is 12.1 Å². The molecule has 2 nitrogen and oxygen atoms in total. The lowest BCUT2D eigenvalue weighted by molar-refractivity contribution is 0.614. The van der Waals surface area contributed by atoms with Crippen LogP contribution in [0.2, 0.25) is 0 Å². The van der Waals surface area contributed by atoms with Crippen molar-refractivity contribution in [2.75, 3.05) is 5.32 Å². The van der Waals surface area contributed by atoms with Gasteiger partial charge < -0.3 is 5.32 Å². The summed E-state index contributed by atoms with van der Waals surface area (Å²) in [5.41, 5.74) is 2.62. The Bertz CT molecular complexity index is 599. The largest absolute Gasteiger partial charge is 0.363 e. The molecule has 2 aromatic rings. The molecule has 1 atom stereocenters. The Kier molecular flexibility index (Phi) is 4.20. The lowest BCUT2D eigenvalue weighted by atomic mass is 10.1. The zero-order valence-corrected chi connectivity index (χ0v) is 12.8. The number of pyridine rings is 1. The predicted octanol–water partition coefficient (Wildman–Crippen LogP) is 4.77. The van der Waals surface area contributed by atoms with E-state index in [4.69, 9.17) is 0 Å². The van der Waals surface area contributed by atoms with Crippen LogP contribution in [0.5, 0.6) is 0 Å². The molecule has 1 aromatic carbocycles. The summed E-state index contributed by atoms with van der Waals surface area (Å²) in [5.74, 6) is 0.642. The van der Waals surface area contributed by atoms with Crippen LogP contribution >= 0.6 is 15.9 Å². The first kappa shape index (κ1) is 14.0. The number of aromatic nitrogens is 1. The van der Waals surface area contributed by atoms with Crippen molar-refractivity contribution >= 4 is 21.7 Å². The highest BCUT2D eigenvalue weighted by atomic mass is 79.9. The molecule has 0 bridgehead atoms. The average molecular weight is 323 g/mol. The van der Waals surface area contributed by atoms with Crippen LogP contribution in [0.1, 0.15) is 29.7 Å². The van der Waals surface area contributed by atoms with Gasteiger partial charge in [0.05, 0.1) is 6.04 Å². The van der Waals surface area contributed by atoms with Gasteiger partial charge in [0.15, 0.2) is 0 Å². The number of aryl methyl sites for hydroxylation is 2. The minimum atomic E-state index is -0.174. The Morgan fingerprint density at radius 2 is 1.95 bits per heavy atom. The van der Waals surface area contributed by atoms with E-state index >= 15 is 0 Å². The molecule has 2 rings (SSSR count). The van der Waals surface area contributed by atoms with Crippen molar-refractivity contribution in [2.45, 2.75) is 26.8 Å². The molecule has 1 aromatic heterocycles. The normalized spacial score (nSPS) is 12.3. The number of benzene rings is 1. The molecule has 0 aliphatic rings. The second-order valence-corrected chi connectivity index (χ2v) is 5.61. The molecule has 1 unspecified atom stereocenters. The van der Waals surface area contributed by atoms with Crippen LogP contribution in [-0.4, -0.2) is 4.98 Å². The van der Waals surface area contributed by atoms with Crippen molar-refractivity contribution in [1.29, 1.82) is 0 Å². The van der Waals surface area contributed by atoms with E-state index in [-0.39, 0.29) is 11.9 Å². The van der Waals surface area contributed by atoms with Gasteiger partial charge in [0.2, 0.25) is 0 Å². The van der Waals surface area contributed by atoms with Crippen LogP contribution in [-0.2, 0) is 0 Å². The van der Waals surface area contributed by atoms with Gasteiger partial charge in [-0.2, -0.15) is 0 Å². The summed E-state index contributed by atoms with van der Waals surface area (Å²) in [5, 5.41) is 3.30. The first-order valence-electron chi connectivity index (χ1n) is 6.12. The maximum Gasteiger partial charge on any atom is 0.129 e. The fourth-order valence-electron chi connectivity index (χ4n) is 1.86. The smallest absolute Gasteiger partial charge is 0.129 e. The molecular weight excluding hydrogens is 307 g/mol. The maximum absolute atomic E-state index is 13.6. The highest BCUT2D eigenvalue weighted by molar-refractivity contribution is 9.10. The molecule has 1 heterocycles. The minimum Gasteiger partial charge on any atom is -0.363 e. The summed E-state index contributed by atoms with van der Waals surface area (Å²) < 4.78 is 14.5. The van der Waals surface area contributed by atoms with Gasteiger partial charge >= 0.3 is 0 Å². The lowest BCUT2D eigenvalue weighted by Gasteiger charge is -2.17. The van der Waals surface area contributed by atoms with Crippen LogP contribution in [0, 0.1) is 19.7 Å². The van der Waals surface area contributed by atoms with Crippen molar-refractivity contribution in [3.05, 3.63) is 57.4 Å². The highest BCUT2D eigenvalue weighted by Gasteiger charge is 2.10. The molecule has 0 spiro atoms. The van der Waals surface area contributed by atoms with Gasteiger partial charge in [-0.15, -0.1) is 0 Å². The van der Waals surface area contributed by atoms with Gasteiger partial charge in [-0.25, -0.2) is 9.37 Å². The van der Waals surface area contributed by atoms with Gasteiger partial charge in [0.1, 0.15) is 11.6 Å². The summed E-state index contributed by atoms with van der Waals surface area (Å²) in [6, 6.07) is 7.30. The van der Waals surface area contributed by atoms with Crippen LogP contribution in [0.4, 0.5) is 10.2 Å². The third-order valence-electron chi connectivity index (χ3n) is 3.09. The number of anilines is 1. The second-order valence-electron chi connectivity index (χ2n) is 4.69. The topological polar surface area (TPSA) is 24.9 Å².